The summed E-state index contributed by atoms with van der Waals surface area (Å²) in [6, 6.07) is 5.55. The highest BCUT2D eigenvalue weighted by Gasteiger charge is 2.23. The minimum atomic E-state index is -0.138. The van der Waals surface area contributed by atoms with Crippen molar-refractivity contribution in [1.82, 2.24) is 19.8 Å². The summed E-state index contributed by atoms with van der Waals surface area (Å²) in [6.07, 6.45) is 4.36. The molecule has 0 aliphatic heterocycles. The van der Waals surface area contributed by atoms with Crippen LogP contribution < -0.4 is 14.8 Å². The first kappa shape index (κ1) is 20.6. The van der Waals surface area contributed by atoms with Crippen LogP contribution in [0.25, 0.3) is 0 Å². The number of benzene rings is 1. The van der Waals surface area contributed by atoms with Crippen LogP contribution in [0.4, 0.5) is 4.79 Å². The number of hydrogen-bond acceptors (Lipinski definition) is 4. The Hall–Kier alpha value is -2.70. The van der Waals surface area contributed by atoms with Gasteiger partial charge in [0.05, 0.1) is 20.3 Å². The van der Waals surface area contributed by atoms with Crippen LogP contribution >= 0.6 is 0 Å². The van der Waals surface area contributed by atoms with E-state index in [1.54, 1.807) is 32.4 Å². The molecule has 2 amide bonds. The maximum Gasteiger partial charge on any atom is 0.317 e. The third-order valence-electron chi connectivity index (χ3n) is 4.61. The van der Waals surface area contributed by atoms with Gasteiger partial charge in [-0.15, -0.1) is 0 Å². The van der Waals surface area contributed by atoms with E-state index in [4.69, 9.17) is 9.47 Å². The number of aromatic nitrogens is 2. The molecule has 0 aliphatic rings. The molecule has 1 N–H and O–H groups in total. The number of ether oxygens (including phenoxy) is 2. The summed E-state index contributed by atoms with van der Waals surface area (Å²) in [5.41, 5.74) is 1.08. The molecule has 1 heterocycles. The highest BCUT2D eigenvalue weighted by molar-refractivity contribution is 5.74. The number of nitrogens with one attached hydrogen (secondary N) is 1. The van der Waals surface area contributed by atoms with Crippen molar-refractivity contribution in [3.8, 4) is 11.5 Å². The van der Waals surface area contributed by atoms with Gasteiger partial charge >= 0.3 is 6.03 Å². The van der Waals surface area contributed by atoms with Crippen LogP contribution in [-0.4, -0.2) is 48.3 Å². The Labute approximate surface area is 161 Å². The summed E-state index contributed by atoms with van der Waals surface area (Å²) in [5, 5.41) is 3.10. The maximum atomic E-state index is 12.6. The first-order chi connectivity index (χ1) is 12.9. The number of methoxy groups -OCH3 is 2. The number of aryl methyl sites for hydroxylation is 1. The monoisotopic (exact) mass is 374 g/mol. The smallest absolute Gasteiger partial charge is 0.317 e. The normalized spacial score (nSPS) is 12.0. The lowest BCUT2D eigenvalue weighted by Crippen LogP contribution is -2.42. The first-order valence-corrected chi connectivity index (χ1v) is 9.07. The Morgan fingerprint density at radius 2 is 1.96 bits per heavy atom. The number of rotatable bonds is 8. The number of carbonyl (C=O) groups excluding carboxylic acids is 1. The molecule has 0 spiro atoms. The lowest BCUT2D eigenvalue weighted by molar-refractivity contribution is 0.200. The van der Waals surface area contributed by atoms with Gasteiger partial charge in [0.25, 0.3) is 0 Å². The average Bonchev–Trinajstić information content (AvgIpc) is 3.08. The van der Waals surface area contributed by atoms with Crippen molar-refractivity contribution in [3.63, 3.8) is 0 Å². The minimum Gasteiger partial charge on any atom is -0.493 e. The fourth-order valence-electron chi connectivity index (χ4n) is 2.88. The fraction of sp³-hybridized carbons (Fsp3) is 0.500. The van der Waals surface area contributed by atoms with Crippen LogP contribution in [0.5, 0.6) is 11.5 Å². The zero-order valence-electron chi connectivity index (χ0n) is 17.0. The highest BCUT2D eigenvalue weighted by Crippen LogP contribution is 2.27. The maximum absolute atomic E-state index is 12.6. The van der Waals surface area contributed by atoms with Gasteiger partial charge in [-0.1, -0.05) is 19.9 Å². The predicted octanol–water partition coefficient (Wildman–Crippen LogP) is 3.02. The molecule has 0 bridgehead atoms. The summed E-state index contributed by atoms with van der Waals surface area (Å²) < 4.78 is 12.5. The van der Waals surface area contributed by atoms with Crippen molar-refractivity contribution in [2.24, 2.45) is 13.0 Å². The zero-order valence-corrected chi connectivity index (χ0v) is 17.0. The Balaban J connectivity index is 1.98. The molecule has 7 nitrogen and oxygen atoms in total. The molecule has 1 aromatic heterocycles. The second kappa shape index (κ2) is 9.30. The standard InChI is InChI=1S/C20H30N4O3/c1-14(2)18(19-21-10-12-23(19)3)22-20(25)24(4)11-9-15-7-8-16(26-5)17(13-15)27-6/h7-8,10,12-14,18H,9,11H2,1-6H3,(H,22,25)/t18-/m0/s1. The van der Waals surface area contributed by atoms with Crippen molar-refractivity contribution < 1.29 is 14.3 Å². The van der Waals surface area contributed by atoms with Gasteiger partial charge in [0.1, 0.15) is 5.82 Å². The van der Waals surface area contributed by atoms with Gasteiger partial charge in [-0.05, 0) is 30.0 Å². The minimum absolute atomic E-state index is 0.114. The molecule has 27 heavy (non-hydrogen) atoms. The number of hydrogen-bond donors (Lipinski definition) is 1. The average molecular weight is 374 g/mol. The molecule has 148 valence electrons. The molecule has 0 aliphatic carbocycles. The third kappa shape index (κ3) is 5.15. The van der Waals surface area contributed by atoms with Crippen LogP contribution in [-0.2, 0) is 13.5 Å². The summed E-state index contributed by atoms with van der Waals surface area (Å²) in [5.74, 6) is 2.47. The van der Waals surface area contributed by atoms with E-state index in [9.17, 15) is 4.79 Å². The molecule has 7 heteroatoms. The number of nitrogens with zero attached hydrogens (tertiary/aromatic N) is 3. The van der Waals surface area contributed by atoms with Crippen LogP contribution in [0.1, 0.15) is 31.3 Å². The lowest BCUT2D eigenvalue weighted by atomic mass is 10.0. The number of urea groups is 1. The molecule has 0 saturated heterocycles. The van der Waals surface area contributed by atoms with Gasteiger partial charge < -0.3 is 24.3 Å². The van der Waals surface area contributed by atoms with E-state index in [0.717, 1.165) is 17.8 Å². The van der Waals surface area contributed by atoms with Crippen molar-refractivity contribution in [3.05, 3.63) is 42.0 Å². The quantitative estimate of drug-likeness (QED) is 0.771. The molecule has 2 aromatic rings. The van der Waals surface area contributed by atoms with Gasteiger partial charge in [-0.25, -0.2) is 9.78 Å². The third-order valence-corrected chi connectivity index (χ3v) is 4.61. The molecule has 0 fully saturated rings. The second-order valence-corrected chi connectivity index (χ2v) is 6.93. The van der Waals surface area contributed by atoms with Gasteiger partial charge in [0, 0.05) is 33.0 Å². The number of carbonyl (C=O) groups is 1. The molecular weight excluding hydrogens is 344 g/mol. The molecule has 0 unspecified atom stereocenters. The van der Waals surface area contributed by atoms with Crippen LogP contribution in [0, 0.1) is 5.92 Å². The van der Waals surface area contributed by atoms with E-state index in [1.165, 1.54) is 0 Å². The molecule has 1 aromatic carbocycles. The van der Waals surface area contributed by atoms with Crippen molar-refractivity contribution in [2.75, 3.05) is 27.8 Å². The Morgan fingerprint density at radius 3 is 2.52 bits per heavy atom. The largest absolute Gasteiger partial charge is 0.493 e. The number of amides is 2. The highest BCUT2D eigenvalue weighted by atomic mass is 16.5. The topological polar surface area (TPSA) is 68.6 Å². The second-order valence-electron chi connectivity index (χ2n) is 6.93. The zero-order chi connectivity index (χ0) is 20.0. The van der Waals surface area contributed by atoms with Crippen molar-refractivity contribution in [2.45, 2.75) is 26.3 Å². The van der Waals surface area contributed by atoms with E-state index in [-0.39, 0.29) is 18.0 Å². The van der Waals surface area contributed by atoms with Crippen molar-refractivity contribution >= 4 is 6.03 Å². The van der Waals surface area contributed by atoms with Gasteiger partial charge in [-0.2, -0.15) is 0 Å². The number of imidazole rings is 1. The van der Waals surface area contributed by atoms with Gasteiger partial charge in [0.2, 0.25) is 0 Å². The first-order valence-electron chi connectivity index (χ1n) is 9.07. The summed E-state index contributed by atoms with van der Waals surface area (Å²) >= 11 is 0. The van der Waals surface area contributed by atoms with E-state index in [2.05, 4.69) is 24.1 Å². The molecule has 1 atom stereocenters. The van der Waals surface area contributed by atoms with E-state index in [1.807, 2.05) is 36.0 Å². The molecule has 0 radical (unpaired) electrons. The Kier molecular flexibility index (Phi) is 7.10. The van der Waals surface area contributed by atoms with E-state index < -0.39 is 0 Å². The molecule has 0 saturated carbocycles. The van der Waals surface area contributed by atoms with E-state index >= 15 is 0 Å². The van der Waals surface area contributed by atoms with Crippen LogP contribution in [0.2, 0.25) is 0 Å². The predicted molar refractivity (Wildman–Crippen MR) is 105 cm³/mol. The number of likely N-dealkylation sites (N-methyl/N-ethyl adjacent to an activating group) is 1. The van der Waals surface area contributed by atoms with E-state index in [0.29, 0.717) is 18.0 Å². The molecular formula is C20H30N4O3. The Bertz CT molecular complexity index is 757. The van der Waals surface area contributed by atoms with Crippen LogP contribution in [0.3, 0.4) is 0 Å². The van der Waals surface area contributed by atoms with Gasteiger partial charge in [-0.3, -0.25) is 0 Å². The Morgan fingerprint density at radius 1 is 1.26 bits per heavy atom. The lowest BCUT2D eigenvalue weighted by Gasteiger charge is -2.26. The summed E-state index contributed by atoms with van der Waals surface area (Å²) in [7, 11) is 6.96. The summed E-state index contributed by atoms with van der Waals surface area (Å²) in [6.45, 7) is 4.74. The van der Waals surface area contributed by atoms with Crippen molar-refractivity contribution in [1.29, 1.82) is 0 Å². The molecule has 2 rings (SSSR count). The van der Waals surface area contributed by atoms with Gasteiger partial charge in [0.15, 0.2) is 11.5 Å². The fourth-order valence-corrected chi connectivity index (χ4v) is 2.88. The van der Waals surface area contributed by atoms with Crippen LogP contribution in [0.15, 0.2) is 30.6 Å². The summed E-state index contributed by atoms with van der Waals surface area (Å²) in [4.78, 5) is 18.7. The SMILES string of the molecule is COc1ccc(CCN(C)C(=O)N[C@H](c2nccn2C)C(C)C)cc1OC.